The number of esters is 1. The molecule has 0 aliphatic heterocycles. The SMILES string of the molecule is CCOc1ccc(CCNC(=O)COC(=O)C=Cc2ccc(Br)o2)cc1OCC. The van der Waals surface area contributed by atoms with Crippen molar-refractivity contribution in [1.29, 1.82) is 0 Å². The molecule has 0 saturated heterocycles. The van der Waals surface area contributed by atoms with Gasteiger partial charge in [-0.3, -0.25) is 4.79 Å². The Labute approximate surface area is 178 Å². The number of furan rings is 1. The smallest absolute Gasteiger partial charge is 0.331 e. The van der Waals surface area contributed by atoms with E-state index < -0.39 is 5.97 Å². The van der Waals surface area contributed by atoms with Crippen molar-refractivity contribution in [3.8, 4) is 11.5 Å². The highest BCUT2D eigenvalue weighted by Gasteiger charge is 2.08. The number of carbonyl (C=O) groups is 2. The third-order valence-electron chi connectivity index (χ3n) is 3.67. The first kappa shape index (κ1) is 22.5. The van der Waals surface area contributed by atoms with E-state index in [0.717, 1.165) is 5.56 Å². The van der Waals surface area contributed by atoms with Gasteiger partial charge in [0.1, 0.15) is 5.76 Å². The highest BCUT2D eigenvalue weighted by atomic mass is 79.9. The first-order chi connectivity index (χ1) is 14.0. The number of carbonyl (C=O) groups excluding carboxylic acids is 2. The molecular weight excluding hydrogens is 442 g/mol. The first-order valence-corrected chi connectivity index (χ1v) is 10.1. The van der Waals surface area contributed by atoms with Crippen LogP contribution in [0.3, 0.4) is 0 Å². The number of benzene rings is 1. The zero-order valence-electron chi connectivity index (χ0n) is 16.4. The average Bonchev–Trinajstić information content (AvgIpc) is 3.12. The molecule has 1 amide bonds. The van der Waals surface area contributed by atoms with Gasteiger partial charge in [-0.1, -0.05) is 6.07 Å². The lowest BCUT2D eigenvalue weighted by molar-refractivity contribution is -0.143. The monoisotopic (exact) mass is 465 g/mol. The van der Waals surface area contributed by atoms with Gasteiger partial charge in [0.15, 0.2) is 22.8 Å². The Balaban J connectivity index is 1.73. The normalized spacial score (nSPS) is 10.7. The zero-order valence-corrected chi connectivity index (χ0v) is 18.0. The van der Waals surface area contributed by atoms with E-state index in [9.17, 15) is 9.59 Å². The summed E-state index contributed by atoms with van der Waals surface area (Å²) in [7, 11) is 0. The van der Waals surface area contributed by atoms with Crippen LogP contribution in [0.15, 0.2) is 45.5 Å². The minimum Gasteiger partial charge on any atom is -0.490 e. The Morgan fingerprint density at radius 1 is 1.10 bits per heavy atom. The van der Waals surface area contributed by atoms with Gasteiger partial charge in [0.05, 0.1) is 13.2 Å². The summed E-state index contributed by atoms with van der Waals surface area (Å²) in [6.45, 7) is 4.98. The second kappa shape index (κ2) is 12.0. The van der Waals surface area contributed by atoms with E-state index >= 15 is 0 Å². The van der Waals surface area contributed by atoms with Crippen LogP contribution in [0.4, 0.5) is 0 Å². The molecule has 0 atom stereocenters. The molecule has 1 N–H and O–H groups in total. The van der Waals surface area contributed by atoms with Gasteiger partial charge in [0.25, 0.3) is 5.91 Å². The van der Waals surface area contributed by atoms with Crippen molar-refractivity contribution >= 4 is 33.9 Å². The second-order valence-corrected chi connectivity index (χ2v) is 6.61. The van der Waals surface area contributed by atoms with E-state index in [1.807, 2.05) is 32.0 Å². The van der Waals surface area contributed by atoms with Crippen molar-refractivity contribution in [2.75, 3.05) is 26.4 Å². The largest absolute Gasteiger partial charge is 0.490 e. The van der Waals surface area contributed by atoms with Crippen molar-refractivity contribution in [2.45, 2.75) is 20.3 Å². The quantitative estimate of drug-likeness (QED) is 0.401. The van der Waals surface area contributed by atoms with Gasteiger partial charge < -0.3 is 23.9 Å². The highest BCUT2D eigenvalue weighted by Crippen LogP contribution is 2.28. The van der Waals surface area contributed by atoms with Crippen LogP contribution >= 0.6 is 15.9 Å². The van der Waals surface area contributed by atoms with Gasteiger partial charge >= 0.3 is 5.97 Å². The topological polar surface area (TPSA) is 87.0 Å². The maximum Gasteiger partial charge on any atom is 0.331 e. The fourth-order valence-electron chi connectivity index (χ4n) is 2.40. The lowest BCUT2D eigenvalue weighted by atomic mass is 10.1. The summed E-state index contributed by atoms with van der Waals surface area (Å²) in [6, 6.07) is 9.09. The van der Waals surface area contributed by atoms with E-state index in [1.165, 1.54) is 12.2 Å². The molecule has 1 aromatic heterocycles. The predicted octanol–water partition coefficient (Wildman–Crippen LogP) is 3.75. The van der Waals surface area contributed by atoms with Gasteiger partial charge in [-0.15, -0.1) is 0 Å². The third-order valence-corrected chi connectivity index (χ3v) is 4.09. The van der Waals surface area contributed by atoms with Crippen LogP contribution in [0, 0.1) is 0 Å². The Morgan fingerprint density at radius 2 is 1.86 bits per heavy atom. The molecule has 0 aliphatic carbocycles. The van der Waals surface area contributed by atoms with Crippen LogP contribution in [0.1, 0.15) is 25.2 Å². The predicted molar refractivity (Wildman–Crippen MR) is 112 cm³/mol. The molecule has 0 aliphatic rings. The van der Waals surface area contributed by atoms with Crippen molar-refractivity contribution < 1.29 is 28.2 Å². The van der Waals surface area contributed by atoms with Gasteiger partial charge in [0.2, 0.25) is 0 Å². The molecule has 2 aromatic rings. The summed E-state index contributed by atoms with van der Waals surface area (Å²) in [4.78, 5) is 23.5. The summed E-state index contributed by atoms with van der Waals surface area (Å²) in [5.41, 5.74) is 1.00. The Bertz CT molecular complexity index is 845. The zero-order chi connectivity index (χ0) is 21.1. The van der Waals surface area contributed by atoms with E-state index in [-0.39, 0.29) is 12.5 Å². The minimum absolute atomic E-state index is 0.349. The standard InChI is InChI=1S/C21H24BrNO6/c1-3-26-17-8-5-15(13-18(17)27-4-2)11-12-23-20(24)14-28-21(25)10-7-16-6-9-19(22)29-16/h5-10,13H,3-4,11-12,14H2,1-2H3,(H,23,24). The fraction of sp³-hybridized carbons (Fsp3) is 0.333. The molecule has 8 heteroatoms. The average molecular weight is 466 g/mol. The number of nitrogens with one attached hydrogen (secondary N) is 1. The molecule has 2 rings (SSSR count). The molecule has 0 spiro atoms. The number of rotatable bonds is 11. The number of hydrogen-bond donors (Lipinski definition) is 1. The van der Waals surface area contributed by atoms with Gasteiger partial charge in [-0.2, -0.15) is 0 Å². The number of hydrogen-bond acceptors (Lipinski definition) is 6. The number of halogens is 1. The molecule has 7 nitrogen and oxygen atoms in total. The van der Waals surface area contributed by atoms with E-state index in [0.29, 0.717) is 48.1 Å². The molecule has 29 heavy (non-hydrogen) atoms. The minimum atomic E-state index is -0.624. The lowest BCUT2D eigenvalue weighted by Gasteiger charge is -2.12. The molecule has 1 aromatic carbocycles. The molecule has 0 saturated carbocycles. The molecule has 0 unspecified atom stereocenters. The Kier molecular flexibility index (Phi) is 9.30. The van der Waals surface area contributed by atoms with Gasteiger partial charge in [-0.05, 0) is 72.1 Å². The lowest BCUT2D eigenvalue weighted by Crippen LogP contribution is -2.30. The summed E-state index contributed by atoms with van der Waals surface area (Å²) in [5, 5.41) is 2.72. The van der Waals surface area contributed by atoms with Crippen molar-refractivity contribution in [1.82, 2.24) is 5.32 Å². The Morgan fingerprint density at radius 3 is 2.55 bits per heavy atom. The molecule has 0 radical (unpaired) electrons. The maximum absolute atomic E-state index is 11.8. The summed E-state index contributed by atoms with van der Waals surface area (Å²) >= 11 is 3.17. The fourth-order valence-corrected chi connectivity index (χ4v) is 2.72. The summed E-state index contributed by atoms with van der Waals surface area (Å²) < 4.78 is 21.8. The third kappa shape index (κ3) is 8.03. The molecule has 1 heterocycles. The van der Waals surface area contributed by atoms with E-state index in [4.69, 9.17) is 18.6 Å². The van der Waals surface area contributed by atoms with Gasteiger partial charge in [0, 0.05) is 12.6 Å². The number of amides is 1. The maximum atomic E-state index is 11.8. The summed E-state index contributed by atoms with van der Waals surface area (Å²) in [6.07, 6.45) is 3.28. The van der Waals surface area contributed by atoms with Crippen LogP contribution in [0.5, 0.6) is 11.5 Å². The van der Waals surface area contributed by atoms with Crippen LogP contribution in [-0.4, -0.2) is 38.2 Å². The highest BCUT2D eigenvalue weighted by molar-refractivity contribution is 9.10. The van der Waals surface area contributed by atoms with Crippen LogP contribution in [0.2, 0.25) is 0 Å². The van der Waals surface area contributed by atoms with Crippen LogP contribution in [-0.2, 0) is 20.7 Å². The van der Waals surface area contributed by atoms with Crippen LogP contribution in [0.25, 0.3) is 6.08 Å². The van der Waals surface area contributed by atoms with Crippen molar-refractivity contribution in [3.63, 3.8) is 0 Å². The Hall–Kier alpha value is -2.74. The van der Waals surface area contributed by atoms with Crippen molar-refractivity contribution in [2.24, 2.45) is 0 Å². The van der Waals surface area contributed by atoms with Crippen LogP contribution < -0.4 is 14.8 Å². The van der Waals surface area contributed by atoms with E-state index in [2.05, 4.69) is 21.2 Å². The molecule has 0 fully saturated rings. The first-order valence-electron chi connectivity index (χ1n) is 9.27. The van der Waals surface area contributed by atoms with Gasteiger partial charge in [-0.25, -0.2) is 4.79 Å². The molecule has 0 bridgehead atoms. The molecular formula is C21H24BrNO6. The number of ether oxygens (including phenoxy) is 3. The summed E-state index contributed by atoms with van der Waals surface area (Å²) in [5.74, 6) is 0.885. The van der Waals surface area contributed by atoms with Crippen molar-refractivity contribution in [3.05, 3.63) is 52.4 Å². The molecule has 156 valence electrons. The van der Waals surface area contributed by atoms with E-state index in [1.54, 1.807) is 12.1 Å². The second-order valence-electron chi connectivity index (χ2n) is 5.83.